The fourth-order valence-corrected chi connectivity index (χ4v) is 8.12. The lowest BCUT2D eigenvalue weighted by atomic mass is 9.93. The van der Waals surface area contributed by atoms with E-state index in [2.05, 4.69) is 28.8 Å². The average molecular weight is 821 g/mol. The normalized spacial score (nSPS) is 11.4. The van der Waals surface area contributed by atoms with E-state index in [1.807, 2.05) is 115 Å². The van der Waals surface area contributed by atoms with Gasteiger partial charge in [-0.25, -0.2) is 15.0 Å². The number of nitriles is 2. The number of hydrogen-bond donors (Lipinski definition) is 0. The molecule has 2 heterocycles. The molecule has 6 nitrogen and oxygen atoms in total. The van der Waals surface area contributed by atoms with Crippen molar-refractivity contribution in [2.24, 2.45) is 0 Å². The number of hydrogen-bond acceptors (Lipinski definition) is 5. The second-order valence-corrected chi connectivity index (χ2v) is 15.0. The Morgan fingerprint density at radius 1 is 0.397 bits per heavy atom. The Morgan fingerprint density at radius 3 is 1.35 bits per heavy atom. The van der Waals surface area contributed by atoms with E-state index in [0.717, 1.165) is 61.3 Å². The van der Waals surface area contributed by atoms with E-state index in [1.165, 1.54) is 12.1 Å². The van der Waals surface area contributed by atoms with Gasteiger partial charge in [-0.3, -0.25) is 0 Å². The van der Waals surface area contributed by atoms with Crippen LogP contribution in [0.15, 0.2) is 188 Å². The number of halogens is 3. The molecule has 63 heavy (non-hydrogen) atoms. The summed E-state index contributed by atoms with van der Waals surface area (Å²) < 4.78 is 47.0. The largest absolute Gasteiger partial charge is 0.417 e. The lowest BCUT2D eigenvalue weighted by Crippen LogP contribution is -2.08. The first-order valence-corrected chi connectivity index (χ1v) is 20.0. The number of nitrogens with zero attached hydrogens (tertiary/aromatic N) is 6. The molecule has 2 aromatic heterocycles. The van der Waals surface area contributed by atoms with Crippen LogP contribution in [0.25, 0.3) is 95.0 Å². The van der Waals surface area contributed by atoms with Gasteiger partial charge in [-0.1, -0.05) is 115 Å². The quantitative estimate of drug-likeness (QED) is 0.160. The Morgan fingerprint density at radius 2 is 0.857 bits per heavy atom. The molecule has 0 bridgehead atoms. The molecular weight excluding hydrogens is 790 g/mol. The summed E-state index contributed by atoms with van der Waals surface area (Å²) in [6.07, 6.45) is -4.66. The first-order valence-electron chi connectivity index (χ1n) is 20.0. The van der Waals surface area contributed by atoms with Gasteiger partial charge in [0, 0.05) is 33.2 Å². The minimum atomic E-state index is -4.66. The minimum Gasteiger partial charge on any atom is -0.309 e. The fraction of sp³-hybridized carbons (Fsp3) is 0.0185. The molecule has 10 aromatic rings. The second-order valence-electron chi connectivity index (χ2n) is 15.0. The Labute approximate surface area is 360 Å². The smallest absolute Gasteiger partial charge is 0.309 e. The van der Waals surface area contributed by atoms with Crippen molar-refractivity contribution >= 4 is 21.8 Å². The molecular formula is C54H31F3N6. The molecule has 0 N–H and O–H groups in total. The SMILES string of the molecule is N#Cc1ccc(-c2ccc3c(c2)c2cc(-c4ccc(C#N)cc4)ccc2n3-c2ccc(-c3nc(-c4ccccc4)nc(-c4ccccc4)n3)c(-c3ccccc3C(F)(F)F)c2)cc1. The third-order valence-electron chi connectivity index (χ3n) is 11.2. The molecule has 0 saturated heterocycles. The highest BCUT2D eigenvalue weighted by Crippen LogP contribution is 2.43. The number of fused-ring (bicyclic) bond motifs is 3. The second kappa shape index (κ2) is 15.7. The Kier molecular flexibility index (Phi) is 9.63. The highest BCUT2D eigenvalue weighted by molar-refractivity contribution is 6.12. The molecule has 0 aliphatic rings. The summed E-state index contributed by atoms with van der Waals surface area (Å²) in [6, 6.07) is 61.3. The Hall–Kier alpha value is -8.66. The van der Waals surface area contributed by atoms with Crippen molar-refractivity contribution < 1.29 is 13.2 Å². The predicted molar refractivity (Wildman–Crippen MR) is 241 cm³/mol. The van der Waals surface area contributed by atoms with Crippen molar-refractivity contribution in [1.29, 1.82) is 10.5 Å². The number of rotatable bonds is 7. The van der Waals surface area contributed by atoms with Crippen molar-refractivity contribution in [2.45, 2.75) is 6.18 Å². The molecule has 298 valence electrons. The maximum atomic E-state index is 15.0. The van der Waals surface area contributed by atoms with Gasteiger partial charge in [-0.15, -0.1) is 0 Å². The molecule has 0 saturated carbocycles. The van der Waals surface area contributed by atoms with E-state index in [1.54, 1.807) is 42.5 Å². The molecule has 0 atom stereocenters. The fourth-order valence-electron chi connectivity index (χ4n) is 8.12. The van der Waals surface area contributed by atoms with E-state index in [0.29, 0.717) is 39.6 Å². The highest BCUT2D eigenvalue weighted by Gasteiger charge is 2.34. The van der Waals surface area contributed by atoms with Gasteiger partial charge in [0.15, 0.2) is 17.5 Å². The maximum absolute atomic E-state index is 15.0. The van der Waals surface area contributed by atoms with Gasteiger partial charge in [-0.2, -0.15) is 23.7 Å². The summed E-state index contributed by atoms with van der Waals surface area (Å²) in [4.78, 5) is 14.7. The van der Waals surface area contributed by atoms with E-state index in [9.17, 15) is 23.7 Å². The molecule has 0 spiro atoms. The Balaban J connectivity index is 1.23. The van der Waals surface area contributed by atoms with Crippen LogP contribution in [0.5, 0.6) is 0 Å². The van der Waals surface area contributed by atoms with Crippen LogP contribution in [0.4, 0.5) is 13.2 Å². The van der Waals surface area contributed by atoms with Gasteiger partial charge in [0.05, 0.1) is 39.9 Å². The molecule has 0 unspecified atom stereocenters. The van der Waals surface area contributed by atoms with Crippen LogP contribution in [0.3, 0.4) is 0 Å². The standard InChI is InChI=1S/C54H31F3N6/c55-54(56,57)48-14-8-7-13-43(48)45-31-42(25-26-44(45)53-61-51(38-9-3-1-4-10-38)60-52(62-53)39-11-5-2-6-12-39)63-49-27-23-40(36-19-15-34(32-58)16-20-36)29-46(49)47-30-41(24-28-50(47)63)37-21-17-35(33-59)18-22-37/h1-31H. The van der Waals surface area contributed by atoms with Gasteiger partial charge in [0.2, 0.25) is 0 Å². The maximum Gasteiger partial charge on any atom is 0.417 e. The lowest BCUT2D eigenvalue weighted by Gasteiger charge is -2.18. The molecule has 0 aliphatic carbocycles. The van der Waals surface area contributed by atoms with Gasteiger partial charge < -0.3 is 4.57 Å². The van der Waals surface area contributed by atoms with Crippen LogP contribution in [-0.2, 0) is 6.18 Å². The first kappa shape index (κ1) is 38.5. The van der Waals surface area contributed by atoms with Crippen LogP contribution >= 0.6 is 0 Å². The molecule has 0 aliphatic heterocycles. The average Bonchev–Trinajstić information content (AvgIpc) is 3.67. The number of alkyl halides is 3. The molecule has 10 rings (SSSR count). The molecule has 0 fully saturated rings. The van der Waals surface area contributed by atoms with Crippen molar-refractivity contribution in [3.05, 3.63) is 205 Å². The van der Waals surface area contributed by atoms with E-state index < -0.39 is 11.7 Å². The van der Waals surface area contributed by atoms with Gasteiger partial charge in [-0.05, 0) is 106 Å². The summed E-state index contributed by atoms with van der Waals surface area (Å²) >= 11 is 0. The first-order chi connectivity index (χ1) is 30.7. The predicted octanol–water partition coefficient (Wildman–Crippen LogP) is 13.7. The van der Waals surface area contributed by atoms with Gasteiger partial charge in [0.25, 0.3) is 0 Å². The monoisotopic (exact) mass is 820 g/mol. The molecule has 9 heteroatoms. The van der Waals surface area contributed by atoms with Crippen LogP contribution in [-0.4, -0.2) is 19.5 Å². The van der Waals surface area contributed by atoms with Crippen molar-refractivity contribution in [3.8, 4) is 85.4 Å². The molecule has 0 amide bonds. The third kappa shape index (κ3) is 7.24. The van der Waals surface area contributed by atoms with Crippen molar-refractivity contribution in [2.75, 3.05) is 0 Å². The zero-order chi connectivity index (χ0) is 43.1. The minimum absolute atomic E-state index is 0.0169. The van der Waals surface area contributed by atoms with E-state index >= 15 is 0 Å². The number of benzene rings is 8. The zero-order valence-corrected chi connectivity index (χ0v) is 33.2. The molecule has 0 radical (unpaired) electrons. The van der Waals surface area contributed by atoms with Crippen molar-refractivity contribution in [3.63, 3.8) is 0 Å². The topological polar surface area (TPSA) is 91.2 Å². The van der Waals surface area contributed by atoms with Gasteiger partial charge >= 0.3 is 6.18 Å². The van der Waals surface area contributed by atoms with Crippen LogP contribution in [0.1, 0.15) is 16.7 Å². The Bertz CT molecular complexity index is 3260. The summed E-state index contributed by atoms with van der Waals surface area (Å²) in [6.45, 7) is 0. The van der Waals surface area contributed by atoms with E-state index in [4.69, 9.17) is 15.0 Å². The highest BCUT2D eigenvalue weighted by atomic mass is 19.4. The van der Waals surface area contributed by atoms with Gasteiger partial charge in [0.1, 0.15) is 0 Å². The van der Waals surface area contributed by atoms with Crippen LogP contribution < -0.4 is 0 Å². The van der Waals surface area contributed by atoms with E-state index in [-0.39, 0.29) is 11.4 Å². The summed E-state index contributed by atoms with van der Waals surface area (Å²) in [5.74, 6) is 0.997. The lowest BCUT2D eigenvalue weighted by molar-refractivity contribution is -0.137. The van der Waals surface area contributed by atoms with Crippen LogP contribution in [0.2, 0.25) is 0 Å². The zero-order valence-electron chi connectivity index (χ0n) is 33.2. The number of aromatic nitrogens is 4. The van der Waals surface area contributed by atoms with Crippen LogP contribution in [0, 0.1) is 22.7 Å². The molecule has 8 aromatic carbocycles. The summed E-state index contributed by atoms with van der Waals surface area (Å²) in [5.41, 5.74) is 8.49. The summed E-state index contributed by atoms with van der Waals surface area (Å²) in [5, 5.41) is 20.7. The summed E-state index contributed by atoms with van der Waals surface area (Å²) in [7, 11) is 0. The third-order valence-corrected chi connectivity index (χ3v) is 11.2. The van der Waals surface area contributed by atoms with Crippen molar-refractivity contribution in [1.82, 2.24) is 19.5 Å².